The molecule has 9 rings (SSSR count). The van der Waals surface area contributed by atoms with Crippen molar-refractivity contribution >= 4 is 62.8 Å². The van der Waals surface area contributed by atoms with Gasteiger partial charge in [0.05, 0.1) is 21.6 Å². The first-order chi connectivity index (χ1) is 27.1. The topological polar surface area (TPSA) is 104 Å². The van der Waals surface area contributed by atoms with Crippen LogP contribution < -0.4 is 20.4 Å². The second-order valence-electron chi connectivity index (χ2n) is 14.4. The van der Waals surface area contributed by atoms with E-state index in [1.54, 1.807) is 35.2 Å². The van der Waals surface area contributed by atoms with Gasteiger partial charge in [-0.2, -0.15) is 0 Å². The molecular weight excluding hydrogens is 740 g/mol. The van der Waals surface area contributed by atoms with E-state index in [0.717, 1.165) is 77.4 Å². The number of hydrogen-bond donors (Lipinski definition) is 2. The van der Waals surface area contributed by atoms with Gasteiger partial charge in [0.1, 0.15) is 17.3 Å². The van der Waals surface area contributed by atoms with Crippen LogP contribution in [-0.2, 0) is 11.2 Å². The maximum absolute atomic E-state index is 14.3. The zero-order valence-corrected chi connectivity index (χ0v) is 30.7. The Balaban J connectivity index is 0.925. The number of amides is 3. The number of aromatic nitrogens is 1. The lowest BCUT2D eigenvalue weighted by molar-refractivity contribution is -0.000492. The van der Waals surface area contributed by atoms with Gasteiger partial charge in [-0.05, 0) is 73.4 Å². The molecule has 282 valence electrons. The molecule has 4 aromatic carbocycles. The first kappa shape index (κ1) is 35.6. The fourth-order valence-electron chi connectivity index (χ4n) is 7.85. The smallest absolute Gasteiger partial charge is 0.265 e. The van der Waals surface area contributed by atoms with E-state index in [1.807, 2.05) is 54.6 Å². The van der Waals surface area contributed by atoms with Crippen LogP contribution in [-0.4, -0.2) is 55.6 Å². The fraction of sp³-hybridized carbons (Fsp3) is 0.209. The molecule has 0 radical (unpaired) electrons. The number of benzene rings is 4. The maximum Gasteiger partial charge on any atom is 0.265 e. The summed E-state index contributed by atoms with van der Waals surface area (Å²) in [6.07, 6.45) is 2.39. The number of nitrogens with zero attached hydrogens (tertiary/aromatic N) is 3. The van der Waals surface area contributed by atoms with Crippen molar-refractivity contribution in [3.63, 3.8) is 0 Å². The van der Waals surface area contributed by atoms with Gasteiger partial charge in [-0.1, -0.05) is 36.4 Å². The van der Waals surface area contributed by atoms with E-state index in [0.29, 0.717) is 53.4 Å². The Bertz CT molecular complexity index is 2520. The lowest BCUT2D eigenvalue weighted by atomic mass is 9.73. The predicted molar refractivity (Wildman–Crippen MR) is 210 cm³/mol. The number of thiophene rings is 1. The molecule has 3 aliphatic heterocycles. The van der Waals surface area contributed by atoms with Crippen LogP contribution in [0.25, 0.3) is 21.3 Å². The number of fused-ring (bicyclic) bond motifs is 4. The molecule has 2 fully saturated rings. The first-order valence-corrected chi connectivity index (χ1v) is 19.1. The number of para-hydroxylation sites is 2. The lowest BCUT2D eigenvalue weighted by Crippen LogP contribution is -2.59. The third-order valence-electron chi connectivity index (χ3n) is 10.8. The molecule has 1 spiro atoms. The molecule has 0 unspecified atom stereocenters. The van der Waals surface area contributed by atoms with Gasteiger partial charge in [-0.3, -0.25) is 14.4 Å². The molecule has 2 saturated heterocycles. The molecular formula is C43H34F3N5O4S. The van der Waals surface area contributed by atoms with Crippen molar-refractivity contribution in [1.82, 2.24) is 4.98 Å². The highest BCUT2D eigenvalue weighted by atomic mass is 32.1. The van der Waals surface area contributed by atoms with E-state index in [4.69, 9.17) is 9.72 Å². The van der Waals surface area contributed by atoms with Gasteiger partial charge >= 0.3 is 0 Å². The minimum atomic E-state index is -1.22. The van der Waals surface area contributed by atoms with Gasteiger partial charge in [-0.25, -0.2) is 18.2 Å². The van der Waals surface area contributed by atoms with Crippen LogP contribution in [0.4, 0.5) is 36.1 Å². The average molecular weight is 774 g/mol. The quantitative estimate of drug-likeness (QED) is 0.176. The number of nitrogens with one attached hydrogen (secondary N) is 2. The van der Waals surface area contributed by atoms with Crippen molar-refractivity contribution in [2.45, 2.75) is 19.3 Å². The fourth-order valence-corrected chi connectivity index (χ4v) is 8.99. The van der Waals surface area contributed by atoms with E-state index >= 15 is 0 Å². The molecule has 9 nitrogen and oxygen atoms in total. The number of anilines is 4. The zero-order chi connectivity index (χ0) is 38.6. The number of halogens is 3. The van der Waals surface area contributed by atoms with E-state index < -0.39 is 29.0 Å². The molecule has 5 heterocycles. The largest absolute Gasteiger partial charge is 0.381 e. The van der Waals surface area contributed by atoms with Crippen LogP contribution >= 0.6 is 11.3 Å². The molecule has 56 heavy (non-hydrogen) atoms. The van der Waals surface area contributed by atoms with Gasteiger partial charge in [0, 0.05) is 77.5 Å². The summed E-state index contributed by atoms with van der Waals surface area (Å²) in [5, 5.41) is 6.11. The van der Waals surface area contributed by atoms with Crippen molar-refractivity contribution in [3.8, 4) is 10.4 Å². The van der Waals surface area contributed by atoms with Crippen molar-refractivity contribution in [2.75, 3.05) is 53.3 Å². The number of pyridine rings is 1. The first-order valence-electron chi connectivity index (χ1n) is 18.3. The Morgan fingerprint density at radius 1 is 0.804 bits per heavy atom. The Hall–Kier alpha value is -6.05. The standard InChI is InChI=1S/C43H34F3N5O4S/c44-28-21-32(45)37(33(46)22-28)49-41(53)36-20-27-13-16-51(35-8-4-2-6-30(35)38(27)56-36)42(54)25-9-11-29(12-10-25)47-40(52)31-19-26-5-1-3-7-34(26)48-39(31)50-23-43(24-50)14-17-55-18-15-43/h1-12,19-22H,13-18,23-24H2,(H,47,52)(H,49,53). The second-order valence-corrected chi connectivity index (χ2v) is 15.5. The predicted octanol–water partition coefficient (Wildman–Crippen LogP) is 8.70. The monoisotopic (exact) mass is 773 g/mol. The van der Waals surface area contributed by atoms with Crippen molar-refractivity contribution in [2.24, 2.45) is 5.41 Å². The molecule has 0 aliphatic carbocycles. The van der Waals surface area contributed by atoms with E-state index in [9.17, 15) is 27.6 Å². The minimum Gasteiger partial charge on any atom is -0.381 e. The summed E-state index contributed by atoms with van der Waals surface area (Å²) < 4.78 is 47.6. The molecule has 13 heteroatoms. The molecule has 3 aliphatic rings. The van der Waals surface area contributed by atoms with Crippen molar-refractivity contribution < 1.29 is 32.3 Å². The van der Waals surface area contributed by atoms with Crippen LogP contribution in [0, 0.1) is 22.9 Å². The van der Waals surface area contributed by atoms with Gasteiger partial charge < -0.3 is 25.2 Å². The van der Waals surface area contributed by atoms with Crippen molar-refractivity contribution in [3.05, 3.63) is 136 Å². The van der Waals surface area contributed by atoms with Gasteiger partial charge in [0.15, 0.2) is 11.6 Å². The molecule has 0 atom stereocenters. The highest BCUT2D eigenvalue weighted by molar-refractivity contribution is 7.17. The van der Waals surface area contributed by atoms with E-state index in [2.05, 4.69) is 15.5 Å². The highest BCUT2D eigenvalue weighted by Gasteiger charge is 2.45. The summed E-state index contributed by atoms with van der Waals surface area (Å²) in [5.74, 6) is -4.14. The summed E-state index contributed by atoms with van der Waals surface area (Å²) in [6.45, 7) is 3.44. The summed E-state index contributed by atoms with van der Waals surface area (Å²) in [5.41, 5.74) is 3.88. The lowest BCUT2D eigenvalue weighted by Gasteiger charge is -2.53. The van der Waals surface area contributed by atoms with E-state index in [-0.39, 0.29) is 22.1 Å². The van der Waals surface area contributed by atoms with Crippen LogP contribution in [0.15, 0.2) is 97.1 Å². The Kier molecular flexibility index (Phi) is 9.05. The number of ether oxygens (including phenoxy) is 1. The van der Waals surface area contributed by atoms with Gasteiger partial charge in [0.25, 0.3) is 17.7 Å². The number of hydrogen-bond acceptors (Lipinski definition) is 7. The maximum atomic E-state index is 14.3. The molecule has 2 aromatic heterocycles. The van der Waals surface area contributed by atoms with Crippen LogP contribution in [0.5, 0.6) is 0 Å². The Morgan fingerprint density at radius 2 is 1.52 bits per heavy atom. The van der Waals surface area contributed by atoms with Gasteiger partial charge in [-0.15, -0.1) is 11.3 Å². The van der Waals surface area contributed by atoms with Crippen molar-refractivity contribution in [1.29, 1.82) is 0 Å². The van der Waals surface area contributed by atoms with Crippen LogP contribution in [0.2, 0.25) is 0 Å². The average Bonchev–Trinajstić information content (AvgIpc) is 3.56. The van der Waals surface area contributed by atoms with Crippen LogP contribution in [0.1, 0.15) is 48.8 Å². The summed E-state index contributed by atoms with van der Waals surface area (Å²) in [4.78, 5) is 50.8. The summed E-state index contributed by atoms with van der Waals surface area (Å²) in [6, 6.07) is 26.4. The zero-order valence-electron chi connectivity index (χ0n) is 29.9. The Labute approximate surface area is 323 Å². The molecule has 0 saturated carbocycles. The molecule has 0 bridgehead atoms. The highest BCUT2D eigenvalue weighted by Crippen LogP contribution is 2.44. The number of carbonyl (C=O) groups is 3. The number of rotatable bonds is 6. The Morgan fingerprint density at radius 3 is 2.29 bits per heavy atom. The normalized spacial score (nSPS) is 15.8. The van der Waals surface area contributed by atoms with E-state index in [1.165, 1.54) is 0 Å². The third kappa shape index (κ3) is 6.56. The minimum absolute atomic E-state index is 0.191. The second kappa shape index (κ2) is 14.2. The SMILES string of the molecule is O=C(Nc1c(F)cc(F)cc1F)c1cc2c(s1)-c1ccccc1N(C(=O)c1ccc(NC(=O)c3cc4ccccc4nc3N3CC4(CCOCC4)C3)cc1)CC2. The summed E-state index contributed by atoms with van der Waals surface area (Å²) >= 11 is 1.14. The van der Waals surface area contributed by atoms with Crippen LogP contribution in [0.3, 0.4) is 0 Å². The molecule has 3 amide bonds. The number of carbonyl (C=O) groups excluding carboxylic acids is 3. The van der Waals surface area contributed by atoms with Gasteiger partial charge in [0.2, 0.25) is 0 Å². The molecule has 2 N–H and O–H groups in total. The summed E-state index contributed by atoms with van der Waals surface area (Å²) in [7, 11) is 0. The molecule has 6 aromatic rings. The third-order valence-corrected chi connectivity index (χ3v) is 12.0.